The number of para-hydroxylation sites is 1. The van der Waals surface area contributed by atoms with Crippen molar-refractivity contribution in [2.45, 2.75) is 6.42 Å². The molecule has 1 aromatic heterocycles. The summed E-state index contributed by atoms with van der Waals surface area (Å²) in [4.78, 5) is 9.46. The lowest BCUT2D eigenvalue weighted by atomic mass is 9.88. The maximum atomic E-state index is 15.7. The molecule has 8 aromatic carbocycles. The summed E-state index contributed by atoms with van der Waals surface area (Å²) in [5.41, 5.74) is 11.2. The van der Waals surface area contributed by atoms with E-state index in [0.717, 1.165) is 72.7 Å². The molecule has 0 spiro atoms. The standard InChI is InChI=1S/C52H36N3OP/c56-57(41-21-6-2-7-22-41,42-23-8-3-9-24-42)50-29-13-26-44-43(25-12-27-45(44)50)37-30-31-47-48(33-37)54(40-20-14-32-53-35-40)49-34-38-17-10-15-36-16-11-28-46(51(36)38)52(49)55(47)39-18-4-1-5-19-39/h1-27,29-35H,28H2. The van der Waals surface area contributed by atoms with Crippen LogP contribution >= 0.6 is 7.14 Å². The average molecular weight is 750 g/mol. The van der Waals surface area contributed by atoms with Crippen LogP contribution in [0.25, 0.3) is 38.7 Å². The minimum atomic E-state index is -3.23. The number of benzene rings is 8. The van der Waals surface area contributed by atoms with E-state index in [2.05, 4.69) is 142 Å². The molecule has 270 valence electrons. The van der Waals surface area contributed by atoms with E-state index < -0.39 is 7.14 Å². The number of aromatic nitrogens is 1. The Hall–Kier alpha value is -7.00. The van der Waals surface area contributed by atoms with Crippen molar-refractivity contribution in [1.29, 1.82) is 0 Å². The first-order valence-corrected chi connectivity index (χ1v) is 21.1. The van der Waals surface area contributed by atoms with Crippen LogP contribution in [0.4, 0.5) is 34.1 Å². The first-order valence-electron chi connectivity index (χ1n) is 19.4. The molecule has 2 heterocycles. The van der Waals surface area contributed by atoms with Crippen LogP contribution < -0.4 is 25.7 Å². The number of allylic oxidation sites excluding steroid dienone is 1. The molecule has 0 amide bonds. The lowest BCUT2D eigenvalue weighted by molar-refractivity contribution is 0.592. The van der Waals surface area contributed by atoms with Crippen molar-refractivity contribution in [3.63, 3.8) is 0 Å². The molecule has 4 nitrogen and oxygen atoms in total. The molecule has 2 aliphatic rings. The molecule has 0 atom stereocenters. The maximum absolute atomic E-state index is 15.7. The SMILES string of the molecule is O=P(c1ccccc1)(c1ccccc1)c1cccc2c(-c3ccc4c(c3)N(c3cccnc3)c3cc5cccc6c5c(c3N4c3ccccc3)CC=C6)cccc12. The predicted molar refractivity (Wildman–Crippen MR) is 240 cm³/mol. The average Bonchev–Trinajstić information content (AvgIpc) is 3.29. The summed E-state index contributed by atoms with van der Waals surface area (Å²) in [5, 5.41) is 7.05. The van der Waals surface area contributed by atoms with Gasteiger partial charge in [-0.2, -0.15) is 0 Å². The summed E-state index contributed by atoms with van der Waals surface area (Å²) in [6, 6.07) is 63.2. The smallest absolute Gasteiger partial charge is 0.171 e. The molecule has 1 aliphatic carbocycles. The quantitative estimate of drug-likeness (QED) is 0.159. The Morgan fingerprint density at radius 1 is 0.544 bits per heavy atom. The van der Waals surface area contributed by atoms with Gasteiger partial charge in [-0.05, 0) is 92.7 Å². The molecule has 9 aromatic rings. The number of hydrogen-bond acceptors (Lipinski definition) is 4. The minimum absolute atomic E-state index is 0.823. The van der Waals surface area contributed by atoms with Gasteiger partial charge in [0, 0.05) is 27.8 Å². The van der Waals surface area contributed by atoms with Crippen LogP contribution in [0.2, 0.25) is 0 Å². The summed E-state index contributed by atoms with van der Waals surface area (Å²) in [7, 11) is -3.23. The Bertz CT molecular complexity index is 3030. The van der Waals surface area contributed by atoms with Crippen LogP contribution in [0.15, 0.2) is 200 Å². The molecule has 0 bridgehead atoms. The summed E-state index contributed by atoms with van der Waals surface area (Å²) in [6.45, 7) is 0. The second kappa shape index (κ2) is 13.3. The van der Waals surface area contributed by atoms with Gasteiger partial charge >= 0.3 is 0 Å². The Balaban J connectivity index is 1.17. The molecular formula is C52H36N3OP. The largest absolute Gasteiger partial charge is 0.309 e. The first-order chi connectivity index (χ1) is 28.2. The van der Waals surface area contributed by atoms with Crippen LogP contribution in [0.3, 0.4) is 0 Å². The normalized spacial score (nSPS) is 13.1. The fourth-order valence-corrected chi connectivity index (χ4v) is 11.9. The van der Waals surface area contributed by atoms with Crippen molar-refractivity contribution in [2.75, 3.05) is 9.80 Å². The highest BCUT2D eigenvalue weighted by atomic mass is 31.2. The van der Waals surface area contributed by atoms with Gasteiger partial charge < -0.3 is 14.4 Å². The molecule has 0 saturated heterocycles. The number of fused-ring (bicyclic) bond motifs is 4. The van der Waals surface area contributed by atoms with Crippen LogP contribution in [-0.2, 0) is 11.0 Å². The molecule has 11 rings (SSSR count). The first kappa shape index (κ1) is 33.3. The number of nitrogens with zero attached hydrogens (tertiary/aromatic N) is 3. The van der Waals surface area contributed by atoms with Gasteiger partial charge in [0.1, 0.15) is 0 Å². The zero-order valence-corrected chi connectivity index (χ0v) is 31.9. The highest BCUT2D eigenvalue weighted by molar-refractivity contribution is 7.85. The van der Waals surface area contributed by atoms with Crippen LogP contribution in [0.1, 0.15) is 11.1 Å². The molecule has 0 fully saturated rings. The summed E-state index contributed by atoms with van der Waals surface area (Å²) in [5.74, 6) is 0. The van der Waals surface area contributed by atoms with E-state index >= 15 is 4.57 Å². The molecule has 0 radical (unpaired) electrons. The fraction of sp³-hybridized carbons (Fsp3) is 0.0192. The summed E-state index contributed by atoms with van der Waals surface area (Å²) >= 11 is 0. The summed E-state index contributed by atoms with van der Waals surface area (Å²) < 4.78 is 15.7. The van der Waals surface area contributed by atoms with Gasteiger partial charge in [-0.15, -0.1) is 0 Å². The van der Waals surface area contributed by atoms with Gasteiger partial charge in [0.25, 0.3) is 0 Å². The third-order valence-corrected chi connectivity index (χ3v) is 14.6. The fourth-order valence-electron chi connectivity index (χ4n) is 9.05. The number of anilines is 6. The molecule has 0 unspecified atom stereocenters. The van der Waals surface area contributed by atoms with E-state index in [1.807, 2.05) is 79.1 Å². The second-order valence-electron chi connectivity index (χ2n) is 14.7. The third kappa shape index (κ3) is 5.22. The Morgan fingerprint density at radius 2 is 1.25 bits per heavy atom. The Kier molecular flexibility index (Phi) is 7.80. The topological polar surface area (TPSA) is 36.4 Å². The number of pyridine rings is 1. The van der Waals surface area contributed by atoms with Gasteiger partial charge in [-0.25, -0.2) is 0 Å². The zero-order valence-electron chi connectivity index (χ0n) is 31.0. The predicted octanol–water partition coefficient (Wildman–Crippen LogP) is 12.5. The van der Waals surface area contributed by atoms with Crippen molar-refractivity contribution in [3.05, 3.63) is 212 Å². The Labute approximate surface area is 332 Å². The van der Waals surface area contributed by atoms with Crippen molar-refractivity contribution in [3.8, 4) is 11.1 Å². The van der Waals surface area contributed by atoms with E-state index in [4.69, 9.17) is 0 Å². The monoisotopic (exact) mass is 749 g/mol. The van der Waals surface area contributed by atoms with E-state index in [-0.39, 0.29) is 0 Å². The highest BCUT2D eigenvalue weighted by Gasteiger charge is 2.35. The highest BCUT2D eigenvalue weighted by Crippen LogP contribution is 2.58. The third-order valence-electron chi connectivity index (χ3n) is 11.5. The zero-order chi connectivity index (χ0) is 37.9. The van der Waals surface area contributed by atoms with E-state index in [9.17, 15) is 0 Å². The van der Waals surface area contributed by atoms with E-state index in [1.165, 1.54) is 27.6 Å². The molecular weight excluding hydrogens is 714 g/mol. The van der Waals surface area contributed by atoms with Gasteiger partial charge in [0.05, 0.1) is 34.6 Å². The van der Waals surface area contributed by atoms with E-state index in [1.54, 1.807) is 0 Å². The summed E-state index contributed by atoms with van der Waals surface area (Å²) in [6.07, 6.45) is 9.17. The molecule has 1 aliphatic heterocycles. The Morgan fingerprint density at radius 3 is 2.00 bits per heavy atom. The van der Waals surface area contributed by atoms with Gasteiger partial charge in [-0.1, -0.05) is 152 Å². The van der Waals surface area contributed by atoms with Crippen molar-refractivity contribution < 1.29 is 4.57 Å². The van der Waals surface area contributed by atoms with Gasteiger partial charge in [-0.3, -0.25) is 4.98 Å². The van der Waals surface area contributed by atoms with Gasteiger partial charge in [0.15, 0.2) is 7.14 Å². The van der Waals surface area contributed by atoms with Crippen LogP contribution in [0.5, 0.6) is 0 Å². The molecule has 0 saturated carbocycles. The second-order valence-corrected chi connectivity index (χ2v) is 17.4. The van der Waals surface area contributed by atoms with Crippen LogP contribution in [0, 0.1) is 0 Å². The lowest BCUT2D eigenvalue weighted by Crippen LogP contribution is -2.26. The molecule has 0 N–H and O–H groups in total. The maximum Gasteiger partial charge on any atom is 0.171 e. The van der Waals surface area contributed by atoms with Crippen molar-refractivity contribution in [1.82, 2.24) is 4.98 Å². The molecule has 5 heteroatoms. The lowest BCUT2D eigenvalue weighted by Gasteiger charge is -2.42. The number of rotatable bonds is 6. The van der Waals surface area contributed by atoms with Crippen molar-refractivity contribution in [2.24, 2.45) is 0 Å². The minimum Gasteiger partial charge on any atom is -0.309 e. The van der Waals surface area contributed by atoms with Crippen molar-refractivity contribution >= 4 is 84.8 Å². The number of hydrogen-bond donors (Lipinski definition) is 0. The molecule has 57 heavy (non-hydrogen) atoms. The van der Waals surface area contributed by atoms with Gasteiger partial charge in [0.2, 0.25) is 0 Å². The van der Waals surface area contributed by atoms with E-state index in [0.29, 0.717) is 0 Å². The van der Waals surface area contributed by atoms with Crippen LogP contribution in [-0.4, -0.2) is 4.98 Å².